The van der Waals surface area contributed by atoms with Crippen LogP contribution in [0.2, 0.25) is 5.02 Å². The van der Waals surface area contributed by atoms with E-state index in [2.05, 4.69) is 19.9 Å². The van der Waals surface area contributed by atoms with E-state index in [9.17, 15) is 8.42 Å². The van der Waals surface area contributed by atoms with Crippen LogP contribution in [0.1, 0.15) is 11.4 Å². The van der Waals surface area contributed by atoms with Crippen LogP contribution in [-0.2, 0) is 15.6 Å². The molecule has 0 aliphatic heterocycles. The van der Waals surface area contributed by atoms with Crippen molar-refractivity contribution in [1.29, 1.82) is 0 Å². The van der Waals surface area contributed by atoms with Gasteiger partial charge in [0.15, 0.2) is 9.84 Å². The van der Waals surface area contributed by atoms with Gasteiger partial charge in [0.25, 0.3) is 0 Å². The number of hydrogen-bond donors (Lipinski definition) is 0. The molecule has 0 N–H and O–H groups in total. The number of fused-ring (bicyclic) bond motifs is 1. The maximum Gasteiger partial charge on any atom is 0.185 e. The van der Waals surface area contributed by atoms with Gasteiger partial charge in [-0.05, 0) is 72.1 Å². The van der Waals surface area contributed by atoms with E-state index in [4.69, 9.17) is 16.3 Å². The van der Waals surface area contributed by atoms with Crippen LogP contribution in [0.4, 0.5) is 0 Å². The Morgan fingerprint density at radius 1 is 0.889 bits per heavy atom. The van der Waals surface area contributed by atoms with Gasteiger partial charge in [-0.15, -0.1) is 0 Å². The standard InChI is InChI=1S/C27H21ClN4O3S/c1-17-11-23(25(35-2)14-22(17)18-5-3-6-19(28)12-18)27-21-8-7-20(13-24(21)31-16-32-27)36(33,34)15-26-29-9-4-10-30-26/h3-14,16H,15H2,1-2H3. The summed E-state index contributed by atoms with van der Waals surface area (Å²) in [5, 5.41) is 1.36. The van der Waals surface area contributed by atoms with Crippen LogP contribution in [0.25, 0.3) is 33.3 Å². The highest BCUT2D eigenvalue weighted by atomic mass is 35.5. The first kappa shape index (κ1) is 23.8. The predicted octanol–water partition coefficient (Wildman–Crippen LogP) is 5.70. The van der Waals surface area contributed by atoms with Crippen molar-refractivity contribution in [1.82, 2.24) is 19.9 Å². The molecule has 2 aromatic heterocycles. The largest absolute Gasteiger partial charge is 0.496 e. The highest BCUT2D eigenvalue weighted by Crippen LogP contribution is 2.39. The summed E-state index contributed by atoms with van der Waals surface area (Å²) in [4.78, 5) is 17.1. The molecule has 0 saturated carbocycles. The number of aryl methyl sites for hydroxylation is 1. The van der Waals surface area contributed by atoms with Gasteiger partial charge in [-0.2, -0.15) is 0 Å². The average molecular weight is 517 g/mol. The van der Waals surface area contributed by atoms with Crippen LogP contribution < -0.4 is 4.74 Å². The number of aromatic nitrogens is 4. The first-order valence-electron chi connectivity index (χ1n) is 11.0. The fourth-order valence-electron chi connectivity index (χ4n) is 4.11. The Bertz CT molecular complexity index is 1690. The zero-order chi connectivity index (χ0) is 25.3. The van der Waals surface area contributed by atoms with Gasteiger partial charge in [0.1, 0.15) is 23.7 Å². The summed E-state index contributed by atoms with van der Waals surface area (Å²) in [6.45, 7) is 2.01. The van der Waals surface area contributed by atoms with Crippen LogP contribution in [0.3, 0.4) is 0 Å². The Morgan fingerprint density at radius 2 is 1.69 bits per heavy atom. The molecular formula is C27H21ClN4O3S. The van der Waals surface area contributed by atoms with Crippen LogP contribution in [0.15, 0.2) is 84.3 Å². The van der Waals surface area contributed by atoms with Crippen molar-refractivity contribution in [3.05, 3.63) is 95.8 Å². The zero-order valence-electron chi connectivity index (χ0n) is 19.5. The quantitative estimate of drug-likeness (QED) is 0.286. The fourth-order valence-corrected chi connectivity index (χ4v) is 5.52. The molecule has 0 spiro atoms. The first-order valence-corrected chi connectivity index (χ1v) is 13.1. The second kappa shape index (κ2) is 9.64. The average Bonchev–Trinajstić information content (AvgIpc) is 2.88. The first-order chi connectivity index (χ1) is 17.4. The van der Waals surface area contributed by atoms with Gasteiger partial charge in [-0.25, -0.2) is 28.4 Å². The molecule has 0 amide bonds. The van der Waals surface area contributed by atoms with E-state index in [-0.39, 0.29) is 16.5 Å². The van der Waals surface area contributed by atoms with Gasteiger partial charge >= 0.3 is 0 Å². The lowest BCUT2D eigenvalue weighted by Gasteiger charge is -2.15. The number of hydrogen-bond acceptors (Lipinski definition) is 7. The number of sulfone groups is 1. The Balaban J connectivity index is 1.59. The van der Waals surface area contributed by atoms with Crippen LogP contribution in [0.5, 0.6) is 5.75 Å². The molecule has 5 aromatic rings. The fraction of sp³-hybridized carbons (Fsp3) is 0.111. The molecular weight excluding hydrogens is 496 g/mol. The lowest BCUT2D eigenvalue weighted by atomic mass is 9.95. The number of methoxy groups -OCH3 is 1. The summed E-state index contributed by atoms with van der Waals surface area (Å²) in [6.07, 6.45) is 4.46. The van der Waals surface area contributed by atoms with Crippen LogP contribution in [0, 0.1) is 6.92 Å². The summed E-state index contributed by atoms with van der Waals surface area (Å²) in [7, 11) is -2.06. The molecule has 9 heteroatoms. The van der Waals surface area contributed by atoms with E-state index in [1.54, 1.807) is 31.4 Å². The molecule has 180 valence electrons. The van der Waals surface area contributed by atoms with E-state index < -0.39 is 9.84 Å². The Morgan fingerprint density at radius 3 is 2.44 bits per heavy atom. The molecule has 0 radical (unpaired) electrons. The molecule has 0 saturated heterocycles. The molecule has 0 atom stereocenters. The van der Waals surface area contributed by atoms with Crippen LogP contribution >= 0.6 is 11.6 Å². The van der Waals surface area contributed by atoms with Crippen molar-refractivity contribution < 1.29 is 13.2 Å². The normalized spacial score (nSPS) is 11.5. The number of ether oxygens (including phenoxy) is 1. The summed E-state index contributed by atoms with van der Waals surface area (Å²) >= 11 is 6.21. The molecule has 36 heavy (non-hydrogen) atoms. The molecule has 5 rings (SSSR count). The van der Waals surface area contributed by atoms with Gasteiger partial charge in [0.2, 0.25) is 0 Å². The zero-order valence-corrected chi connectivity index (χ0v) is 21.1. The van der Waals surface area contributed by atoms with Crippen molar-refractivity contribution in [2.24, 2.45) is 0 Å². The molecule has 0 unspecified atom stereocenters. The molecule has 0 bridgehead atoms. The Kier molecular flexibility index (Phi) is 6.38. The van der Waals surface area contributed by atoms with Crippen molar-refractivity contribution in [2.45, 2.75) is 17.6 Å². The van der Waals surface area contributed by atoms with Gasteiger partial charge < -0.3 is 4.74 Å². The minimum absolute atomic E-state index is 0.145. The van der Waals surface area contributed by atoms with Crippen molar-refractivity contribution in [3.8, 4) is 28.1 Å². The minimum atomic E-state index is -3.66. The lowest BCUT2D eigenvalue weighted by Crippen LogP contribution is -2.08. The number of nitrogens with zero attached hydrogens (tertiary/aromatic N) is 4. The van der Waals surface area contributed by atoms with Gasteiger partial charge in [0, 0.05) is 28.4 Å². The van der Waals surface area contributed by atoms with Crippen molar-refractivity contribution in [2.75, 3.05) is 7.11 Å². The molecule has 0 aliphatic rings. The topological polar surface area (TPSA) is 94.9 Å². The van der Waals surface area contributed by atoms with Crippen LogP contribution in [-0.4, -0.2) is 35.5 Å². The minimum Gasteiger partial charge on any atom is -0.496 e. The molecule has 7 nitrogen and oxygen atoms in total. The molecule has 0 fully saturated rings. The lowest BCUT2D eigenvalue weighted by molar-refractivity contribution is 0.416. The Labute approximate surface area is 213 Å². The monoisotopic (exact) mass is 516 g/mol. The maximum atomic E-state index is 13.0. The maximum absolute atomic E-state index is 13.0. The summed E-state index contributed by atoms with van der Waals surface area (Å²) in [6, 6.07) is 18.1. The second-order valence-corrected chi connectivity index (χ2v) is 10.6. The molecule has 0 aliphatic carbocycles. The van der Waals surface area contributed by atoms with E-state index in [0.717, 1.165) is 22.3 Å². The van der Waals surface area contributed by atoms with E-state index in [1.165, 1.54) is 18.7 Å². The van der Waals surface area contributed by atoms with E-state index in [0.29, 0.717) is 27.4 Å². The summed E-state index contributed by atoms with van der Waals surface area (Å²) in [5.74, 6) is 0.574. The highest BCUT2D eigenvalue weighted by molar-refractivity contribution is 7.90. The molecule has 2 heterocycles. The van der Waals surface area contributed by atoms with Crippen molar-refractivity contribution >= 4 is 32.3 Å². The third-order valence-electron chi connectivity index (χ3n) is 5.84. The predicted molar refractivity (Wildman–Crippen MR) is 140 cm³/mol. The van der Waals surface area contributed by atoms with Crippen molar-refractivity contribution in [3.63, 3.8) is 0 Å². The van der Waals surface area contributed by atoms with Gasteiger partial charge in [-0.3, -0.25) is 0 Å². The van der Waals surface area contributed by atoms with Gasteiger partial charge in [0.05, 0.1) is 23.2 Å². The Hall–Kier alpha value is -3.88. The van der Waals surface area contributed by atoms with E-state index in [1.807, 2.05) is 43.3 Å². The molecule has 3 aromatic carbocycles. The SMILES string of the molecule is COc1cc(-c2cccc(Cl)c2)c(C)cc1-c1ncnc2cc(S(=O)(=O)Cc3ncccn3)ccc12. The number of rotatable bonds is 6. The highest BCUT2D eigenvalue weighted by Gasteiger charge is 2.20. The number of benzene rings is 3. The summed E-state index contributed by atoms with van der Waals surface area (Å²) in [5.41, 5.74) is 4.92. The third kappa shape index (κ3) is 4.65. The van der Waals surface area contributed by atoms with E-state index >= 15 is 0 Å². The smallest absolute Gasteiger partial charge is 0.185 e. The third-order valence-corrected chi connectivity index (χ3v) is 7.69. The summed E-state index contributed by atoms with van der Waals surface area (Å²) < 4.78 is 31.7. The van der Waals surface area contributed by atoms with Gasteiger partial charge in [-0.1, -0.05) is 23.7 Å². The number of halogens is 1. The second-order valence-electron chi connectivity index (χ2n) is 8.20.